The molecule has 0 atom stereocenters. The summed E-state index contributed by atoms with van der Waals surface area (Å²) in [5.41, 5.74) is 8.07. The van der Waals surface area contributed by atoms with Crippen molar-refractivity contribution in [2.75, 3.05) is 11.1 Å². The van der Waals surface area contributed by atoms with Gasteiger partial charge in [0.2, 0.25) is 0 Å². The fraction of sp³-hybridized carbons (Fsp3) is 0.400. The highest BCUT2D eigenvalue weighted by molar-refractivity contribution is 6.00. The number of hydrogen-bond donors (Lipinski definition) is 2. The number of pyridine rings is 1. The summed E-state index contributed by atoms with van der Waals surface area (Å²) in [5, 5.41) is 5.84. The molecule has 0 unspecified atom stereocenters. The van der Waals surface area contributed by atoms with Gasteiger partial charge in [-0.05, 0) is 50.8 Å². The molecule has 1 saturated carbocycles. The van der Waals surface area contributed by atoms with Gasteiger partial charge in [0.05, 0.1) is 0 Å². The molecule has 1 aromatic carbocycles. The van der Waals surface area contributed by atoms with E-state index in [9.17, 15) is 0 Å². The summed E-state index contributed by atoms with van der Waals surface area (Å²) in [6.45, 7) is 4.54. The first-order chi connectivity index (χ1) is 8.58. The zero-order valence-corrected chi connectivity index (χ0v) is 10.9. The minimum atomic E-state index is 0.145. The second kappa shape index (κ2) is 3.87. The molecule has 2 aromatic rings. The number of nitrogens with two attached hydrogens (primary N) is 1. The van der Waals surface area contributed by atoms with E-state index in [0.29, 0.717) is 0 Å². The minimum absolute atomic E-state index is 0.145. The van der Waals surface area contributed by atoms with Crippen molar-refractivity contribution in [1.29, 1.82) is 0 Å². The van der Waals surface area contributed by atoms with E-state index in [2.05, 4.69) is 30.2 Å². The molecular weight excluding hydrogens is 222 g/mol. The van der Waals surface area contributed by atoms with Gasteiger partial charge in [0.15, 0.2) is 0 Å². The van der Waals surface area contributed by atoms with Crippen LogP contribution in [0.2, 0.25) is 0 Å². The highest BCUT2D eigenvalue weighted by Crippen LogP contribution is 2.42. The fourth-order valence-electron chi connectivity index (χ4n) is 2.58. The van der Waals surface area contributed by atoms with E-state index < -0.39 is 0 Å². The van der Waals surface area contributed by atoms with Gasteiger partial charge in [0, 0.05) is 40.1 Å². The first-order valence-electron chi connectivity index (χ1n) is 6.48. The van der Waals surface area contributed by atoms with Crippen LogP contribution in [-0.4, -0.2) is 10.5 Å². The van der Waals surface area contributed by atoms with Gasteiger partial charge in [-0.3, -0.25) is 4.98 Å². The average molecular weight is 241 g/mol. The Bertz CT molecular complexity index is 585. The van der Waals surface area contributed by atoms with Gasteiger partial charge in [0.1, 0.15) is 0 Å². The van der Waals surface area contributed by atoms with Crippen molar-refractivity contribution < 1.29 is 0 Å². The van der Waals surface area contributed by atoms with Crippen molar-refractivity contribution >= 4 is 22.1 Å². The first-order valence-corrected chi connectivity index (χ1v) is 6.48. The van der Waals surface area contributed by atoms with E-state index in [0.717, 1.165) is 28.1 Å². The van der Waals surface area contributed by atoms with Crippen LogP contribution in [0.25, 0.3) is 10.8 Å². The molecule has 0 aliphatic heterocycles. The number of aromatic nitrogens is 1. The van der Waals surface area contributed by atoms with Crippen LogP contribution in [0.15, 0.2) is 30.6 Å². The molecule has 1 heterocycles. The maximum atomic E-state index is 5.99. The Morgan fingerprint density at radius 3 is 2.72 bits per heavy atom. The topological polar surface area (TPSA) is 50.9 Å². The largest absolute Gasteiger partial charge is 0.398 e. The number of rotatable bonds is 3. The van der Waals surface area contributed by atoms with Crippen LogP contribution in [0.1, 0.15) is 26.7 Å². The van der Waals surface area contributed by atoms with Crippen LogP contribution in [0, 0.1) is 5.92 Å². The van der Waals surface area contributed by atoms with Crippen molar-refractivity contribution in [1.82, 2.24) is 4.98 Å². The lowest BCUT2D eigenvalue weighted by atomic mass is 9.97. The molecule has 0 saturated heterocycles. The molecule has 3 nitrogen and oxygen atoms in total. The summed E-state index contributed by atoms with van der Waals surface area (Å²) in [6, 6.07) is 6.05. The molecule has 0 spiro atoms. The van der Waals surface area contributed by atoms with Crippen molar-refractivity contribution in [2.24, 2.45) is 5.92 Å². The Hall–Kier alpha value is -1.77. The van der Waals surface area contributed by atoms with Gasteiger partial charge in [-0.25, -0.2) is 0 Å². The standard InChI is InChI=1S/C15H19N3/c1-15(2,10-3-4-10)18-14-6-5-13(16)12-9-17-8-7-11(12)14/h5-10,18H,3-4,16H2,1-2H3. The van der Waals surface area contributed by atoms with E-state index in [-0.39, 0.29) is 5.54 Å². The first kappa shape index (κ1) is 11.3. The van der Waals surface area contributed by atoms with E-state index in [1.165, 1.54) is 12.8 Å². The van der Waals surface area contributed by atoms with Crippen LogP contribution >= 0.6 is 0 Å². The molecule has 1 aliphatic rings. The highest BCUT2D eigenvalue weighted by atomic mass is 15.0. The number of nitrogens with zero attached hydrogens (tertiary/aromatic N) is 1. The van der Waals surface area contributed by atoms with Crippen molar-refractivity contribution in [3.05, 3.63) is 30.6 Å². The molecule has 1 aliphatic carbocycles. The van der Waals surface area contributed by atoms with Crippen LogP contribution in [0.3, 0.4) is 0 Å². The number of anilines is 2. The zero-order valence-electron chi connectivity index (χ0n) is 10.9. The monoisotopic (exact) mass is 241 g/mol. The fourth-order valence-corrected chi connectivity index (χ4v) is 2.58. The quantitative estimate of drug-likeness (QED) is 0.809. The predicted octanol–water partition coefficient (Wildman–Crippen LogP) is 3.42. The van der Waals surface area contributed by atoms with Gasteiger partial charge < -0.3 is 11.1 Å². The Balaban J connectivity index is 2.04. The zero-order chi connectivity index (χ0) is 12.8. The summed E-state index contributed by atoms with van der Waals surface area (Å²) in [6.07, 6.45) is 6.31. The Labute approximate surface area is 107 Å². The van der Waals surface area contributed by atoms with Gasteiger partial charge in [-0.1, -0.05) is 0 Å². The third-order valence-electron chi connectivity index (χ3n) is 3.91. The molecular formula is C15H19N3. The van der Waals surface area contributed by atoms with Crippen LogP contribution in [-0.2, 0) is 0 Å². The number of hydrogen-bond acceptors (Lipinski definition) is 3. The van der Waals surface area contributed by atoms with Gasteiger partial charge in [-0.15, -0.1) is 0 Å². The molecule has 3 N–H and O–H groups in total. The molecule has 0 bridgehead atoms. The number of nitrogen functional groups attached to an aromatic ring is 1. The van der Waals surface area contributed by atoms with Crippen molar-refractivity contribution in [3.63, 3.8) is 0 Å². The SMILES string of the molecule is CC(C)(Nc1ccc(N)c2cnccc12)C1CC1. The number of fused-ring (bicyclic) bond motifs is 1. The van der Waals surface area contributed by atoms with Crippen LogP contribution in [0.4, 0.5) is 11.4 Å². The van der Waals surface area contributed by atoms with Crippen LogP contribution in [0.5, 0.6) is 0 Å². The van der Waals surface area contributed by atoms with Gasteiger partial charge >= 0.3 is 0 Å². The molecule has 3 heteroatoms. The van der Waals surface area contributed by atoms with Crippen molar-refractivity contribution in [3.8, 4) is 0 Å². The summed E-state index contributed by atoms with van der Waals surface area (Å²) >= 11 is 0. The lowest BCUT2D eigenvalue weighted by molar-refractivity contribution is 0.495. The second-order valence-corrected chi connectivity index (χ2v) is 5.74. The van der Waals surface area contributed by atoms with E-state index in [4.69, 9.17) is 5.73 Å². The normalized spacial score (nSPS) is 15.9. The number of benzene rings is 1. The molecule has 94 valence electrons. The lowest BCUT2D eigenvalue weighted by Crippen LogP contribution is -2.33. The summed E-state index contributed by atoms with van der Waals surface area (Å²) in [5.74, 6) is 0.784. The minimum Gasteiger partial charge on any atom is -0.398 e. The predicted molar refractivity (Wildman–Crippen MR) is 76.6 cm³/mol. The maximum Gasteiger partial charge on any atom is 0.0426 e. The molecule has 1 fully saturated rings. The maximum absolute atomic E-state index is 5.99. The summed E-state index contributed by atoms with van der Waals surface area (Å²) in [4.78, 5) is 4.15. The molecule has 0 radical (unpaired) electrons. The summed E-state index contributed by atoms with van der Waals surface area (Å²) < 4.78 is 0. The van der Waals surface area contributed by atoms with Crippen molar-refractivity contribution in [2.45, 2.75) is 32.2 Å². The average Bonchev–Trinajstić information content (AvgIpc) is 3.17. The molecule has 3 rings (SSSR count). The molecule has 1 aromatic heterocycles. The molecule has 0 amide bonds. The lowest BCUT2D eigenvalue weighted by Gasteiger charge is -2.28. The van der Waals surface area contributed by atoms with E-state index >= 15 is 0 Å². The number of nitrogens with one attached hydrogen (secondary N) is 1. The highest BCUT2D eigenvalue weighted by Gasteiger charge is 2.37. The molecule has 18 heavy (non-hydrogen) atoms. The summed E-state index contributed by atoms with van der Waals surface area (Å²) in [7, 11) is 0. The Morgan fingerprint density at radius 2 is 2.00 bits per heavy atom. The Morgan fingerprint density at radius 1 is 1.22 bits per heavy atom. The smallest absolute Gasteiger partial charge is 0.0426 e. The van der Waals surface area contributed by atoms with E-state index in [1.54, 1.807) is 0 Å². The van der Waals surface area contributed by atoms with Gasteiger partial charge in [0.25, 0.3) is 0 Å². The second-order valence-electron chi connectivity index (χ2n) is 5.74. The van der Waals surface area contributed by atoms with Crippen LogP contribution < -0.4 is 11.1 Å². The van der Waals surface area contributed by atoms with E-state index in [1.807, 2.05) is 24.5 Å². The third kappa shape index (κ3) is 1.90. The Kier molecular flexibility index (Phi) is 2.44. The third-order valence-corrected chi connectivity index (χ3v) is 3.91. The van der Waals surface area contributed by atoms with Gasteiger partial charge in [-0.2, -0.15) is 0 Å².